The van der Waals surface area contributed by atoms with Gasteiger partial charge in [0.15, 0.2) is 0 Å². The number of halogens is 3. The molecule has 2 aromatic carbocycles. The highest BCUT2D eigenvalue weighted by atomic mass is 32.1. The van der Waals surface area contributed by atoms with Gasteiger partial charge in [-0.2, -0.15) is 13.2 Å². The summed E-state index contributed by atoms with van der Waals surface area (Å²) in [5, 5.41) is 18.0. The summed E-state index contributed by atoms with van der Waals surface area (Å²) in [5.41, 5.74) is 9.11. The Labute approximate surface area is 183 Å². The molecule has 0 bridgehead atoms. The van der Waals surface area contributed by atoms with Crippen molar-refractivity contribution in [1.29, 1.82) is 0 Å². The van der Waals surface area contributed by atoms with Crippen molar-refractivity contribution in [1.82, 2.24) is 9.59 Å². The predicted molar refractivity (Wildman–Crippen MR) is 111 cm³/mol. The minimum Gasteiger partial charge on any atom is -0.475 e. The number of amides is 2. The van der Waals surface area contributed by atoms with E-state index >= 15 is 0 Å². The molecule has 0 aliphatic rings. The fraction of sp³-hybridized carbons (Fsp3) is 0.105. The molecule has 0 atom stereocenters. The Kier molecular flexibility index (Phi) is 8.38. The number of carboxylic acids is 1. The summed E-state index contributed by atoms with van der Waals surface area (Å²) in [7, 11) is 0. The second-order valence-electron chi connectivity index (χ2n) is 5.98. The molecule has 1 aromatic heterocycles. The summed E-state index contributed by atoms with van der Waals surface area (Å²) >= 11 is 1.27. The number of carbonyl (C=O) groups is 3. The van der Waals surface area contributed by atoms with Crippen LogP contribution < -0.4 is 16.4 Å². The summed E-state index contributed by atoms with van der Waals surface area (Å²) in [6, 6.07) is 14.0. The second-order valence-corrected chi connectivity index (χ2v) is 6.59. The molecular formula is C19H16F3N5O4S. The Balaban J connectivity index is 0.000000451. The highest BCUT2D eigenvalue weighted by Crippen LogP contribution is 2.20. The van der Waals surface area contributed by atoms with Gasteiger partial charge in [-0.15, -0.1) is 5.10 Å². The largest absolute Gasteiger partial charge is 0.490 e. The van der Waals surface area contributed by atoms with E-state index in [9.17, 15) is 22.8 Å². The number of aromatic nitrogens is 2. The Morgan fingerprint density at radius 2 is 1.59 bits per heavy atom. The summed E-state index contributed by atoms with van der Waals surface area (Å²) < 4.78 is 35.5. The molecule has 32 heavy (non-hydrogen) atoms. The molecule has 3 rings (SSSR count). The van der Waals surface area contributed by atoms with Crippen LogP contribution in [0.25, 0.3) is 11.3 Å². The number of nitrogens with one attached hydrogen (secondary N) is 2. The van der Waals surface area contributed by atoms with Gasteiger partial charge in [-0.05, 0) is 41.4 Å². The molecule has 168 valence electrons. The topological polar surface area (TPSA) is 147 Å². The van der Waals surface area contributed by atoms with Crippen LogP contribution in [0.15, 0.2) is 53.9 Å². The van der Waals surface area contributed by atoms with Gasteiger partial charge in [-0.25, -0.2) is 4.79 Å². The van der Waals surface area contributed by atoms with Gasteiger partial charge in [-0.3, -0.25) is 9.59 Å². The van der Waals surface area contributed by atoms with E-state index in [1.165, 1.54) is 11.5 Å². The third kappa shape index (κ3) is 7.45. The number of anilines is 2. The monoisotopic (exact) mass is 467 g/mol. The van der Waals surface area contributed by atoms with Crippen LogP contribution in [0.2, 0.25) is 0 Å². The Hall–Kier alpha value is -3.84. The molecular weight excluding hydrogens is 451 g/mol. The van der Waals surface area contributed by atoms with Gasteiger partial charge in [-0.1, -0.05) is 28.8 Å². The summed E-state index contributed by atoms with van der Waals surface area (Å²) in [5.74, 6) is -4.25. The molecule has 3 aromatic rings. The van der Waals surface area contributed by atoms with Crippen molar-refractivity contribution < 1.29 is 32.7 Å². The van der Waals surface area contributed by atoms with E-state index in [4.69, 9.17) is 15.6 Å². The minimum absolute atomic E-state index is 0.358. The maximum absolute atomic E-state index is 12.0. The zero-order valence-corrected chi connectivity index (χ0v) is 16.9. The number of hydrogen-bond donors (Lipinski definition) is 4. The molecule has 2 amide bonds. The smallest absolute Gasteiger partial charge is 0.475 e. The van der Waals surface area contributed by atoms with Crippen molar-refractivity contribution in [3.05, 3.63) is 59.5 Å². The summed E-state index contributed by atoms with van der Waals surface area (Å²) in [6.07, 6.45) is -5.08. The van der Waals surface area contributed by atoms with E-state index < -0.39 is 24.0 Å². The maximum atomic E-state index is 12.0. The zero-order valence-electron chi connectivity index (χ0n) is 16.1. The van der Waals surface area contributed by atoms with Crippen molar-refractivity contribution in [2.45, 2.75) is 12.7 Å². The first kappa shape index (κ1) is 24.4. The number of carbonyl (C=O) groups excluding carboxylic acids is 2. The van der Waals surface area contributed by atoms with Crippen LogP contribution in [-0.4, -0.2) is 38.7 Å². The lowest BCUT2D eigenvalue weighted by Gasteiger charge is -2.08. The Morgan fingerprint density at radius 3 is 2.09 bits per heavy atom. The lowest BCUT2D eigenvalue weighted by Crippen LogP contribution is -2.29. The highest BCUT2D eigenvalue weighted by Gasteiger charge is 2.38. The molecule has 0 saturated heterocycles. The van der Waals surface area contributed by atoms with E-state index in [1.807, 2.05) is 11.4 Å². The average molecular weight is 467 g/mol. The third-order valence-electron chi connectivity index (χ3n) is 3.67. The molecule has 1 heterocycles. The van der Waals surface area contributed by atoms with Gasteiger partial charge < -0.3 is 21.5 Å². The predicted octanol–water partition coefficient (Wildman–Crippen LogP) is 2.87. The van der Waals surface area contributed by atoms with E-state index in [0.29, 0.717) is 17.9 Å². The molecule has 0 aliphatic carbocycles. The average Bonchev–Trinajstić information content (AvgIpc) is 3.29. The number of nitrogens with two attached hydrogens (primary N) is 1. The molecule has 13 heteroatoms. The van der Waals surface area contributed by atoms with Crippen LogP contribution in [0.1, 0.15) is 5.56 Å². The van der Waals surface area contributed by atoms with Crippen molar-refractivity contribution in [2.75, 3.05) is 10.6 Å². The van der Waals surface area contributed by atoms with Gasteiger partial charge in [0.25, 0.3) is 0 Å². The molecule has 5 N–H and O–H groups in total. The first-order chi connectivity index (χ1) is 15.1. The molecule has 0 aliphatic heterocycles. The van der Waals surface area contributed by atoms with Crippen molar-refractivity contribution in [3.63, 3.8) is 0 Å². The van der Waals surface area contributed by atoms with Gasteiger partial charge in [0, 0.05) is 28.9 Å². The Bertz CT molecular complexity index is 1070. The van der Waals surface area contributed by atoms with Crippen LogP contribution in [-0.2, 0) is 20.9 Å². The SMILES string of the molecule is NCc1cccc(NC(=O)C(=O)Nc2ccc(-c3csnn3)cc2)c1.O=C(O)C(F)(F)F. The van der Waals surface area contributed by atoms with E-state index in [0.717, 1.165) is 16.8 Å². The van der Waals surface area contributed by atoms with Crippen LogP contribution >= 0.6 is 11.5 Å². The maximum Gasteiger partial charge on any atom is 0.490 e. The zero-order chi connectivity index (χ0) is 23.7. The third-order valence-corrected chi connectivity index (χ3v) is 4.17. The van der Waals surface area contributed by atoms with Gasteiger partial charge in [0.1, 0.15) is 5.69 Å². The van der Waals surface area contributed by atoms with E-state index in [1.54, 1.807) is 42.5 Å². The standard InChI is InChI=1S/C17H15N5O2S.C2HF3O2/c18-9-11-2-1-3-14(8-11)20-17(24)16(23)19-13-6-4-12(5-7-13)15-10-25-22-21-15;3-2(4,5)1(6)7/h1-8,10H,9,18H2,(H,19,23)(H,20,24);(H,6,7). The van der Waals surface area contributed by atoms with Crippen LogP contribution in [0.3, 0.4) is 0 Å². The molecule has 0 saturated carbocycles. The molecule has 0 spiro atoms. The van der Waals surface area contributed by atoms with Crippen LogP contribution in [0.5, 0.6) is 0 Å². The normalized spacial score (nSPS) is 10.5. The van der Waals surface area contributed by atoms with E-state index in [2.05, 4.69) is 20.2 Å². The Morgan fingerprint density at radius 1 is 1.00 bits per heavy atom. The molecule has 0 radical (unpaired) electrons. The molecule has 9 nitrogen and oxygen atoms in total. The van der Waals surface area contributed by atoms with Crippen molar-refractivity contribution in [3.8, 4) is 11.3 Å². The number of rotatable bonds is 4. The van der Waals surface area contributed by atoms with Crippen molar-refractivity contribution in [2.24, 2.45) is 5.73 Å². The van der Waals surface area contributed by atoms with Crippen LogP contribution in [0, 0.1) is 0 Å². The number of carboxylic acid groups (broad SMARTS) is 1. The molecule has 0 unspecified atom stereocenters. The highest BCUT2D eigenvalue weighted by molar-refractivity contribution is 7.03. The van der Waals surface area contributed by atoms with E-state index in [-0.39, 0.29) is 0 Å². The van der Waals surface area contributed by atoms with Crippen molar-refractivity contribution >= 4 is 40.7 Å². The minimum atomic E-state index is -5.08. The summed E-state index contributed by atoms with van der Waals surface area (Å²) in [4.78, 5) is 32.9. The van der Waals surface area contributed by atoms with Gasteiger partial charge in [0.2, 0.25) is 0 Å². The first-order valence-corrected chi connectivity index (χ1v) is 9.52. The fourth-order valence-electron chi connectivity index (χ4n) is 2.17. The number of aliphatic carboxylic acids is 1. The van der Waals surface area contributed by atoms with Gasteiger partial charge >= 0.3 is 24.0 Å². The first-order valence-electron chi connectivity index (χ1n) is 8.69. The summed E-state index contributed by atoms with van der Waals surface area (Å²) in [6.45, 7) is 0.358. The molecule has 0 fully saturated rings. The number of benzene rings is 2. The lowest BCUT2D eigenvalue weighted by atomic mass is 10.1. The van der Waals surface area contributed by atoms with Crippen LogP contribution in [0.4, 0.5) is 24.5 Å². The second kappa shape index (κ2) is 11.0. The quantitative estimate of drug-likeness (QED) is 0.431. The van der Waals surface area contributed by atoms with Gasteiger partial charge in [0.05, 0.1) is 0 Å². The number of hydrogen-bond acceptors (Lipinski definition) is 7. The number of nitrogens with zero attached hydrogens (tertiary/aromatic N) is 2. The lowest BCUT2D eigenvalue weighted by molar-refractivity contribution is -0.192. The fourth-order valence-corrected chi connectivity index (χ4v) is 2.63. The number of alkyl halides is 3.